The van der Waals surface area contributed by atoms with E-state index in [0.717, 1.165) is 12.2 Å². The molecular weight excluding hydrogens is 276 g/mol. The molecule has 1 aromatic carbocycles. The number of rotatable bonds is 7. The number of nitrogens with zero attached hydrogens (tertiary/aromatic N) is 2. The Morgan fingerprint density at radius 2 is 2.05 bits per heavy atom. The van der Waals surface area contributed by atoms with E-state index in [4.69, 9.17) is 5.73 Å². The zero-order valence-electron chi connectivity index (χ0n) is 13.0. The Hall–Kier alpha value is -2.40. The maximum Gasteiger partial charge on any atom is 0.252 e. The molecule has 5 heteroatoms. The highest BCUT2D eigenvalue weighted by molar-refractivity contribution is 5.98. The van der Waals surface area contributed by atoms with Gasteiger partial charge in [0.2, 0.25) is 0 Å². The molecule has 1 heterocycles. The lowest BCUT2D eigenvalue weighted by Crippen LogP contribution is -2.34. The highest BCUT2D eigenvalue weighted by Gasteiger charge is 2.12. The molecule has 0 saturated carbocycles. The topological polar surface area (TPSA) is 71.2 Å². The van der Waals surface area contributed by atoms with E-state index in [1.807, 2.05) is 18.2 Å². The number of carbonyl (C=O) groups is 1. The van der Waals surface area contributed by atoms with E-state index in [-0.39, 0.29) is 0 Å². The van der Waals surface area contributed by atoms with Gasteiger partial charge in [0.25, 0.3) is 5.91 Å². The van der Waals surface area contributed by atoms with E-state index < -0.39 is 5.91 Å². The fourth-order valence-electron chi connectivity index (χ4n) is 2.19. The number of aromatic nitrogens is 1. The normalized spacial score (nSPS) is 12.1. The number of hydrogen-bond acceptors (Lipinski definition) is 4. The monoisotopic (exact) mass is 298 g/mol. The zero-order valence-corrected chi connectivity index (χ0v) is 13.0. The van der Waals surface area contributed by atoms with Gasteiger partial charge < -0.3 is 11.1 Å². The maximum absolute atomic E-state index is 11.4. The molecule has 1 atom stereocenters. The number of carbonyl (C=O) groups excluding carboxylic acids is 1. The van der Waals surface area contributed by atoms with Crippen LogP contribution in [0.3, 0.4) is 0 Å². The maximum atomic E-state index is 11.4. The molecule has 5 nitrogen and oxygen atoms in total. The first-order valence-electron chi connectivity index (χ1n) is 7.29. The third kappa shape index (κ3) is 4.30. The molecule has 0 aliphatic rings. The van der Waals surface area contributed by atoms with Crippen molar-refractivity contribution in [3.63, 3.8) is 0 Å². The molecular formula is C17H22N4O. The number of nitrogens with two attached hydrogens (primary N) is 1. The van der Waals surface area contributed by atoms with Crippen LogP contribution < -0.4 is 11.1 Å². The first-order chi connectivity index (χ1) is 10.6. The van der Waals surface area contributed by atoms with E-state index in [0.29, 0.717) is 18.2 Å². The van der Waals surface area contributed by atoms with Crippen molar-refractivity contribution in [1.29, 1.82) is 0 Å². The molecule has 2 rings (SSSR count). The van der Waals surface area contributed by atoms with Gasteiger partial charge in [-0.05, 0) is 25.6 Å². The van der Waals surface area contributed by atoms with Crippen molar-refractivity contribution in [3.8, 4) is 0 Å². The standard InChI is InChI=1S/C17H22N4O/c1-13(21(2)12-14-6-4-3-5-7-14)10-20-16-8-9-19-11-15(16)17(18)22/h3-9,11,13H,10,12H2,1-2H3,(H2,18,22)(H,19,20). The first-order valence-corrected chi connectivity index (χ1v) is 7.29. The average Bonchev–Trinajstić information content (AvgIpc) is 2.53. The predicted octanol–water partition coefficient (Wildman–Crippen LogP) is 2.11. The third-order valence-electron chi connectivity index (χ3n) is 3.70. The minimum Gasteiger partial charge on any atom is -0.383 e. The number of likely N-dealkylation sites (N-methyl/N-ethyl adjacent to an activating group) is 1. The van der Waals surface area contributed by atoms with Crippen molar-refractivity contribution in [1.82, 2.24) is 9.88 Å². The number of amides is 1. The van der Waals surface area contributed by atoms with Crippen molar-refractivity contribution in [3.05, 3.63) is 59.9 Å². The smallest absolute Gasteiger partial charge is 0.252 e. The molecule has 1 aromatic heterocycles. The lowest BCUT2D eigenvalue weighted by atomic mass is 10.2. The lowest BCUT2D eigenvalue weighted by Gasteiger charge is -2.25. The van der Waals surface area contributed by atoms with Gasteiger partial charge in [-0.1, -0.05) is 30.3 Å². The molecule has 2 aromatic rings. The molecule has 22 heavy (non-hydrogen) atoms. The molecule has 0 fully saturated rings. The molecule has 1 unspecified atom stereocenters. The van der Waals surface area contributed by atoms with Gasteiger partial charge in [-0.25, -0.2) is 0 Å². The summed E-state index contributed by atoms with van der Waals surface area (Å²) >= 11 is 0. The molecule has 1 amide bonds. The Morgan fingerprint density at radius 3 is 2.73 bits per heavy atom. The highest BCUT2D eigenvalue weighted by Crippen LogP contribution is 2.13. The minimum atomic E-state index is -0.471. The van der Waals surface area contributed by atoms with E-state index in [9.17, 15) is 4.79 Å². The molecule has 0 radical (unpaired) electrons. The number of hydrogen-bond donors (Lipinski definition) is 2. The minimum absolute atomic E-state index is 0.300. The van der Waals surface area contributed by atoms with Crippen LogP contribution >= 0.6 is 0 Å². The zero-order chi connectivity index (χ0) is 15.9. The third-order valence-corrected chi connectivity index (χ3v) is 3.70. The largest absolute Gasteiger partial charge is 0.383 e. The SMILES string of the molecule is CC(CNc1ccncc1C(N)=O)N(C)Cc1ccccc1. The van der Waals surface area contributed by atoms with Crippen LogP contribution in [0.5, 0.6) is 0 Å². The molecule has 0 spiro atoms. The van der Waals surface area contributed by atoms with Gasteiger partial charge in [-0.2, -0.15) is 0 Å². The number of pyridine rings is 1. The second kappa shape index (κ2) is 7.56. The summed E-state index contributed by atoms with van der Waals surface area (Å²) in [5, 5.41) is 3.28. The number of primary amides is 1. The van der Waals surface area contributed by atoms with Crippen LogP contribution in [0.1, 0.15) is 22.8 Å². The summed E-state index contributed by atoms with van der Waals surface area (Å²) in [5.41, 5.74) is 7.77. The van der Waals surface area contributed by atoms with Gasteiger partial charge in [-0.3, -0.25) is 14.7 Å². The van der Waals surface area contributed by atoms with Gasteiger partial charge in [0.05, 0.1) is 11.3 Å². The van der Waals surface area contributed by atoms with Crippen molar-refractivity contribution < 1.29 is 4.79 Å². The van der Waals surface area contributed by atoms with Crippen LogP contribution in [0.2, 0.25) is 0 Å². The second-order valence-electron chi connectivity index (χ2n) is 5.42. The predicted molar refractivity (Wildman–Crippen MR) is 88.6 cm³/mol. The van der Waals surface area contributed by atoms with E-state index in [1.54, 1.807) is 12.3 Å². The Balaban J connectivity index is 1.92. The van der Waals surface area contributed by atoms with Gasteiger partial charge in [0, 0.05) is 31.5 Å². The van der Waals surface area contributed by atoms with Crippen molar-refractivity contribution in [2.24, 2.45) is 5.73 Å². The first kappa shape index (κ1) is 16.0. The van der Waals surface area contributed by atoms with E-state index >= 15 is 0 Å². The Kier molecular flexibility index (Phi) is 5.49. The second-order valence-corrected chi connectivity index (χ2v) is 5.42. The molecule has 3 N–H and O–H groups in total. The summed E-state index contributed by atoms with van der Waals surface area (Å²) in [4.78, 5) is 17.6. The fourth-order valence-corrected chi connectivity index (χ4v) is 2.19. The van der Waals surface area contributed by atoms with Crippen molar-refractivity contribution in [2.45, 2.75) is 19.5 Å². The van der Waals surface area contributed by atoms with Gasteiger partial charge >= 0.3 is 0 Å². The van der Waals surface area contributed by atoms with E-state index in [1.165, 1.54) is 11.8 Å². The Morgan fingerprint density at radius 1 is 1.32 bits per heavy atom. The summed E-state index contributed by atoms with van der Waals surface area (Å²) < 4.78 is 0. The van der Waals surface area contributed by atoms with Crippen molar-refractivity contribution in [2.75, 3.05) is 18.9 Å². The van der Waals surface area contributed by atoms with Gasteiger partial charge in [0.1, 0.15) is 0 Å². The molecule has 116 valence electrons. The van der Waals surface area contributed by atoms with Crippen LogP contribution in [0, 0.1) is 0 Å². The van der Waals surface area contributed by atoms with Crippen LogP contribution in [0.15, 0.2) is 48.8 Å². The summed E-state index contributed by atoms with van der Waals surface area (Å²) in [7, 11) is 2.08. The van der Waals surface area contributed by atoms with E-state index in [2.05, 4.69) is 41.3 Å². The number of anilines is 1. The molecule has 0 bridgehead atoms. The molecule has 0 aliphatic heterocycles. The number of benzene rings is 1. The fraction of sp³-hybridized carbons (Fsp3) is 0.294. The van der Waals surface area contributed by atoms with Crippen LogP contribution in [-0.2, 0) is 6.54 Å². The number of nitrogens with one attached hydrogen (secondary N) is 1. The average molecular weight is 298 g/mol. The summed E-state index contributed by atoms with van der Waals surface area (Å²) in [6.07, 6.45) is 3.14. The molecule has 0 saturated heterocycles. The van der Waals surface area contributed by atoms with Crippen molar-refractivity contribution >= 4 is 11.6 Å². The van der Waals surface area contributed by atoms with Crippen LogP contribution in [0.25, 0.3) is 0 Å². The summed E-state index contributed by atoms with van der Waals surface area (Å²) in [6, 6.07) is 12.4. The Bertz CT molecular complexity index is 615. The van der Waals surface area contributed by atoms with Gasteiger partial charge in [0.15, 0.2) is 0 Å². The van der Waals surface area contributed by atoms with Gasteiger partial charge in [-0.15, -0.1) is 0 Å². The van der Waals surface area contributed by atoms with Crippen LogP contribution in [0.4, 0.5) is 5.69 Å². The summed E-state index contributed by atoms with van der Waals surface area (Å²) in [5.74, 6) is -0.471. The van der Waals surface area contributed by atoms with Crippen LogP contribution in [-0.4, -0.2) is 35.4 Å². The summed E-state index contributed by atoms with van der Waals surface area (Å²) in [6.45, 7) is 3.73. The lowest BCUT2D eigenvalue weighted by molar-refractivity contribution is 0.100. The molecule has 0 aliphatic carbocycles. The Labute approximate surface area is 131 Å². The highest BCUT2D eigenvalue weighted by atomic mass is 16.1. The quantitative estimate of drug-likeness (QED) is 0.821.